The Labute approximate surface area is 77.0 Å². The van der Waals surface area contributed by atoms with Crippen LogP contribution < -0.4 is 5.32 Å². The Kier molecular flexibility index (Phi) is 5.18. The minimum atomic E-state index is -0.473. The van der Waals surface area contributed by atoms with Gasteiger partial charge in [0.2, 0.25) is 5.82 Å². The van der Waals surface area contributed by atoms with Crippen LogP contribution in [0.15, 0.2) is 18.3 Å². The largest absolute Gasteiger partial charge is 0.367 e. The van der Waals surface area contributed by atoms with E-state index in [1.165, 1.54) is 18.3 Å². The second-order valence-corrected chi connectivity index (χ2v) is 1.88. The predicted octanol–water partition coefficient (Wildman–Crippen LogP) is 2.06. The zero-order valence-electron chi connectivity index (χ0n) is 7.94. The van der Waals surface area contributed by atoms with Gasteiger partial charge in [-0.15, -0.1) is 0 Å². The fourth-order valence-electron chi connectivity index (χ4n) is 0.737. The molecule has 1 aromatic heterocycles. The van der Waals surface area contributed by atoms with Crippen LogP contribution in [0.25, 0.3) is 0 Å². The Morgan fingerprint density at radius 3 is 2.54 bits per heavy atom. The first-order valence-corrected chi connectivity index (χ1v) is 4.03. The van der Waals surface area contributed by atoms with Crippen molar-refractivity contribution in [2.75, 3.05) is 12.4 Å². The van der Waals surface area contributed by atoms with Crippen LogP contribution >= 0.6 is 0 Å². The molecule has 0 radical (unpaired) electrons. The first kappa shape index (κ1) is 11.4. The normalized spacial score (nSPS) is 8.23. The van der Waals surface area contributed by atoms with Gasteiger partial charge in [-0.25, -0.2) is 4.98 Å². The smallest absolute Gasteiger partial charge is 0.311 e. The number of anilines is 1. The van der Waals surface area contributed by atoms with Crippen LogP contribution in [0.1, 0.15) is 13.8 Å². The Balaban J connectivity index is 0.000000671. The van der Waals surface area contributed by atoms with Crippen molar-refractivity contribution < 1.29 is 4.92 Å². The molecular formula is C8H13N3O2. The van der Waals surface area contributed by atoms with Crippen molar-refractivity contribution in [2.24, 2.45) is 0 Å². The molecule has 0 amide bonds. The van der Waals surface area contributed by atoms with Gasteiger partial charge in [-0.3, -0.25) is 10.1 Å². The summed E-state index contributed by atoms with van der Waals surface area (Å²) in [5.41, 5.74) is -0.00463. The van der Waals surface area contributed by atoms with Gasteiger partial charge in [0, 0.05) is 19.3 Å². The highest BCUT2D eigenvalue weighted by atomic mass is 16.6. The molecule has 0 spiro atoms. The van der Waals surface area contributed by atoms with Gasteiger partial charge in [0.1, 0.15) is 0 Å². The highest BCUT2D eigenvalue weighted by molar-refractivity contribution is 5.54. The topological polar surface area (TPSA) is 68.1 Å². The van der Waals surface area contributed by atoms with Crippen LogP contribution in [-0.4, -0.2) is 17.0 Å². The van der Waals surface area contributed by atoms with E-state index < -0.39 is 4.92 Å². The summed E-state index contributed by atoms with van der Waals surface area (Å²) in [4.78, 5) is 13.6. The Bertz CT molecular complexity index is 276. The maximum absolute atomic E-state index is 10.3. The fraction of sp³-hybridized carbons (Fsp3) is 0.375. The van der Waals surface area contributed by atoms with E-state index in [1.807, 2.05) is 13.8 Å². The number of aromatic nitrogens is 1. The lowest BCUT2D eigenvalue weighted by Crippen LogP contribution is -1.97. The number of pyridine rings is 1. The molecular weight excluding hydrogens is 170 g/mol. The van der Waals surface area contributed by atoms with E-state index in [9.17, 15) is 10.1 Å². The Morgan fingerprint density at radius 2 is 2.15 bits per heavy atom. The number of nitrogens with one attached hydrogen (secondary N) is 1. The monoisotopic (exact) mass is 183 g/mol. The number of rotatable bonds is 2. The van der Waals surface area contributed by atoms with E-state index in [4.69, 9.17) is 0 Å². The third-order valence-electron chi connectivity index (χ3n) is 1.22. The molecule has 0 aliphatic carbocycles. The zero-order chi connectivity index (χ0) is 10.3. The van der Waals surface area contributed by atoms with E-state index in [0.717, 1.165) is 0 Å². The van der Waals surface area contributed by atoms with Crippen molar-refractivity contribution >= 4 is 11.5 Å². The van der Waals surface area contributed by atoms with Crippen molar-refractivity contribution in [3.8, 4) is 0 Å². The van der Waals surface area contributed by atoms with Crippen molar-refractivity contribution in [1.82, 2.24) is 4.98 Å². The highest BCUT2D eigenvalue weighted by Gasteiger charge is 2.11. The van der Waals surface area contributed by atoms with Crippen molar-refractivity contribution in [1.29, 1.82) is 0 Å². The Morgan fingerprint density at radius 1 is 1.54 bits per heavy atom. The summed E-state index contributed by atoms with van der Waals surface area (Å²) in [5, 5.41) is 12.9. The molecule has 72 valence electrons. The van der Waals surface area contributed by atoms with Crippen LogP contribution in [-0.2, 0) is 0 Å². The predicted molar refractivity (Wildman–Crippen MR) is 51.8 cm³/mol. The summed E-state index contributed by atoms with van der Waals surface area (Å²) < 4.78 is 0. The van der Waals surface area contributed by atoms with Crippen LogP contribution in [0.2, 0.25) is 0 Å². The lowest BCUT2D eigenvalue weighted by molar-refractivity contribution is -0.384. The molecule has 0 bridgehead atoms. The minimum absolute atomic E-state index is 0.00463. The second kappa shape index (κ2) is 5.93. The molecule has 1 aromatic rings. The summed E-state index contributed by atoms with van der Waals surface area (Å²) in [6.07, 6.45) is 1.50. The minimum Gasteiger partial charge on any atom is -0.367 e. The van der Waals surface area contributed by atoms with E-state index in [1.54, 1.807) is 7.05 Å². The van der Waals surface area contributed by atoms with E-state index in [-0.39, 0.29) is 11.5 Å². The summed E-state index contributed by atoms with van der Waals surface area (Å²) >= 11 is 0. The van der Waals surface area contributed by atoms with Crippen LogP contribution in [0.5, 0.6) is 0 Å². The summed E-state index contributed by atoms with van der Waals surface area (Å²) in [6.45, 7) is 4.00. The lowest BCUT2D eigenvalue weighted by Gasteiger charge is -1.97. The van der Waals surface area contributed by atoms with Gasteiger partial charge in [0.05, 0.1) is 4.92 Å². The van der Waals surface area contributed by atoms with Gasteiger partial charge < -0.3 is 5.32 Å². The maximum Gasteiger partial charge on any atom is 0.311 e. The number of nitrogens with zero attached hydrogens (tertiary/aromatic N) is 2. The van der Waals surface area contributed by atoms with Crippen LogP contribution in [0, 0.1) is 10.1 Å². The Hall–Kier alpha value is -1.65. The SMILES string of the molecule is CC.CNc1ncccc1[N+](=O)[O-]. The maximum atomic E-state index is 10.3. The van der Waals surface area contributed by atoms with E-state index >= 15 is 0 Å². The van der Waals surface area contributed by atoms with Gasteiger partial charge in [-0.05, 0) is 6.07 Å². The molecule has 0 saturated carbocycles. The first-order chi connectivity index (χ1) is 6.25. The van der Waals surface area contributed by atoms with Crippen LogP contribution in [0.4, 0.5) is 11.5 Å². The zero-order valence-corrected chi connectivity index (χ0v) is 7.94. The molecule has 0 unspecified atom stereocenters. The van der Waals surface area contributed by atoms with E-state index in [0.29, 0.717) is 0 Å². The number of nitro groups is 1. The van der Waals surface area contributed by atoms with Crippen molar-refractivity contribution in [2.45, 2.75) is 13.8 Å². The first-order valence-electron chi connectivity index (χ1n) is 4.03. The molecule has 1 N–H and O–H groups in total. The molecule has 0 aliphatic heterocycles. The molecule has 1 rings (SSSR count). The third-order valence-corrected chi connectivity index (χ3v) is 1.22. The third kappa shape index (κ3) is 3.06. The average molecular weight is 183 g/mol. The van der Waals surface area contributed by atoms with Gasteiger partial charge in [0.15, 0.2) is 0 Å². The van der Waals surface area contributed by atoms with Gasteiger partial charge in [-0.2, -0.15) is 0 Å². The molecule has 5 nitrogen and oxygen atoms in total. The molecule has 13 heavy (non-hydrogen) atoms. The molecule has 5 heteroatoms. The summed E-state index contributed by atoms with van der Waals surface area (Å²) in [7, 11) is 1.59. The molecule has 0 saturated heterocycles. The molecule has 0 aliphatic rings. The average Bonchev–Trinajstić information content (AvgIpc) is 2.20. The second-order valence-electron chi connectivity index (χ2n) is 1.88. The molecule has 1 heterocycles. The number of hydrogen-bond donors (Lipinski definition) is 1. The molecule has 0 atom stereocenters. The van der Waals surface area contributed by atoms with Gasteiger partial charge in [0.25, 0.3) is 0 Å². The molecule has 0 fully saturated rings. The highest BCUT2D eigenvalue weighted by Crippen LogP contribution is 2.18. The number of hydrogen-bond acceptors (Lipinski definition) is 4. The summed E-state index contributed by atoms with van der Waals surface area (Å²) in [6, 6.07) is 2.93. The van der Waals surface area contributed by atoms with Gasteiger partial charge >= 0.3 is 5.69 Å². The van der Waals surface area contributed by atoms with E-state index in [2.05, 4.69) is 10.3 Å². The molecule has 0 aromatic carbocycles. The summed E-state index contributed by atoms with van der Waals surface area (Å²) in [5.74, 6) is 0.289. The quantitative estimate of drug-likeness (QED) is 0.562. The van der Waals surface area contributed by atoms with Crippen molar-refractivity contribution in [3.63, 3.8) is 0 Å². The fourth-order valence-corrected chi connectivity index (χ4v) is 0.737. The standard InChI is InChI=1S/C6H7N3O2.C2H6/c1-7-6-5(9(10)11)3-2-4-8-6;1-2/h2-4H,1H3,(H,7,8);1-2H3. The van der Waals surface area contributed by atoms with Crippen LogP contribution in [0.3, 0.4) is 0 Å². The lowest BCUT2D eigenvalue weighted by atomic mass is 10.4. The van der Waals surface area contributed by atoms with Gasteiger partial charge in [-0.1, -0.05) is 13.8 Å². The van der Waals surface area contributed by atoms with Crippen molar-refractivity contribution in [3.05, 3.63) is 28.4 Å².